The molecule has 1 aromatic heterocycles. The first-order chi connectivity index (χ1) is 10.1. The molecule has 0 aliphatic heterocycles. The number of carbonyl (C=O) groups excluding carboxylic acids is 1. The van der Waals surface area contributed by atoms with E-state index in [0.29, 0.717) is 12.1 Å². The quantitative estimate of drug-likeness (QED) is 0.765. The Kier molecular flexibility index (Phi) is 4.94. The van der Waals surface area contributed by atoms with Gasteiger partial charge >= 0.3 is 5.97 Å². The SMILES string of the molecule is O=C(CCCc1cccs1)Nc1ccc(C(=O)O)c(O)c1. The molecule has 0 saturated heterocycles. The number of thiophene rings is 1. The highest BCUT2D eigenvalue weighted by Gasteiger charge is 2.10. The van der Waals surface area contributed by atoms with E-state index in [2.05, 4.69) is 5.32 Å². The van der Waals surface area contributed by atoms with E-state index in [1.165, 1.54) is 23.1 Å². The largest absolute Gasteiger partial charge is 0.507 e. The van der Waals surface area contributed by atoms with Gasteiger partial charge in [-0.05, 0) is 36.4 Å². The van der Waals surface area contributed by atoms with Crippen LogP contribution >= 0.6 is 11.3 Å². The fraction of sp³-hybridized carbons (Fsp3) is 0.200. The first kappa shape index (κ1) is 15.1. The maximum Gasteiger partial charge on any atom is 0.339 e. The zero-order valence-corrected chi connectivity index (χ0v) is 12.0. The predicted octanol–water partition coefficient (Wildman–Crippen LogP) is 3.11. The lowest BCUT2D eigenvalue weighted by molar-refractivity contribution is -0.116. The molecule has 21 heavy (non-hydrogen) atoms. The molecule has 0 unspecified atom stereocenters. The second kappa shape index (κ2) is 6.90. The number of benzene rings is 1. The van der Waals surface area contributed by atoms with Crippen LogP contribution in [-0.2, 0) is 11.2 Å². The third-order valence-electron chi connectivity index (χ3n) is 2.92. The van der Waals surface area contributed by atoms with Crippen molar-refractivity contribution in [3.8, 4) is 5.75 Å². The molecule has 6 heteroatoms. The average Bonchev–Trinajstić information content (AvgIpc) is 2.91. The van der Waals surface area contributed by atoms with E-state index in [1.807, 2.05) is 17.5 Å². The average molecular weight is 305 g/mol. The van der Waals surface area contributed by atoms with E-state index >= 15 is 0 Å². The maximum atomic E-state index is 11.8. The second-order valence-electron chi connectivity index (χ2n) is 4.52. The van der Waals surface area contributed by atoms with Gasteiger partial charge in [-0.15, -0.1) is 11.3 Å². The molecule has 0 aliphatic rings. The molecular formula is C15H15NO4S. The Morgan fingerprint density at radius 2 is 2.05 bits per heavy atom. The van der Waals surface area contributed by atoms with Crippen LogP contribution in [0, 0.1) is 0 Å². The molecule has 1 aromatic carbocycles. The smallest absolute Gasteiger partial charge is 0.339 e. The van der Waals surface area contributed by atoms with Gasteiger partial charge in [0, 0.05) is 23.1 Å². The molecule has 3 N–H and O–H groups in total. The molecule has 2 rings (SSSR count). The number of hydrogen-bond donors (Lipinski definition) is 3. The van der Waals surface area contributed by atoms with Crippen molar-refractivity contribution in [3.05, 3.63) is 46.2 Å². The van der Waals surface area contributed by atoms with Gasteiger partial charge in [-0.1, -0.05) is 6.07 Å². The normalized spacial score (nSPS) is 10.3. The molecule has 1 heterocycles. The Balaban J connectivity index is 1.85. The molecule has 2 aromatic rings. The number of aryl methyl sites for hydroxylation is 1. The van der Waals surface area contributed by atoms with E-state index in [4.69, 9.17) is 5.11 Å². The van der Waals surface area contributed by atoms with Gasteiger partial charge in [0.25, 0.3) is 0 Å². The summed E-state index contributed by atoms with van der Waals surface area (Å²) in [6.45, 7) is 0. The summed E-state index contributed by atoms with van der Waals surface area (Å²) < 4.78 is 0. The molecule has 1 amide bonds. The van der Waals surface area contributed by atoms with E-state index in [0.717, 1.165) is 12.8 Å². The predicted molar refractivity (Wildman–Crippen MR) is 81.0 cm³/mol. The summed E-state index contributed by atoms with van der Waals surface area (Å²) in [4.78, 5) is 23.8. The third kappa shape index (κ3) is 4.32. The third-order valence-corrected chi connectivity index (χ3v) is 3.86. The summed E-state index contributed by atoms with van der Waals surface area (Å²) in [5.74, 6) is -1.73. The minimum atomic E-state index is -1.21. The van der Waals surface area contributed by atoms with Crippen LogP contribution in [0.15, 0.2) is 35.7 Å². The molecule has 0 fully saturated rings. The van der Waals surface area contributed by atoms with Crippen molar-refractivity contribution in [2.24, 2.45) is 0 Å². The van der Waals surface area contributed by atoms with Gasteiger partial charge in [-0.3, -0.25) is 4.79 Å². The minimum absolute atomic E-state index is 0.158. The van der Waals surface area contributed by atoms with Crippen LogP contribution in [-0.4, -0.2) is 22.1 Å². The number of amides is 1. The van der Waals surface area contributed by atoms with E-state index in [9.17, 15) is 14.7 Å². The van der Waals surface area contributed by atoms with Crippen LogP contribution in [0.3, 0.4) is 0 Å². The Labute approximate surface area is 125 Å². The van der Waals surface area contributed by atoms with Crippen LogP contribution in [0.5, 0.6) is 5.75 Å². The number of phenols is 1. The highest BCUT2D eigenvalue weighted by Crippen LogP contribution is 2.22. The monoisotopic (exact) mass is 305 g/mol. The first-order valence-electron chi connectivity index (χ1n) is 6.45. The first-order valence-corrected chi connectivity index (χ1v) is 7.33. The fourth-order valence-electron chi connectivity index (χ4n) is 1.89. The van der Waals surface area contributed by atoms with Crippen molar-refractivity contribution in [2.75, 3.05) is 5.32 Å². The topological polar surface area (TPSA) is 86.6 Å². The van der Waals surface area contributed by atoms with Gasteiger partial charge in [0.05, 0.1) is 0 Å². The zero-order chi connectivity index (χ0) is 15.2. The van der Waals surface area contributed by atoms with Crippen LogP contribution in [0.25, 0.3) is 0 Å². The summed E-state index contributed by atoms with van der Waals surface area (Å²) >= 11 is 1.66. The number of nitrogens with one attached hydrogen (secondary N) is 1. The minimum Gasteiger partial charge on any atom is -0.507 e. The van der Waals surface area contributed by atoms with Crippen molar-refractivity contribution in [3.63, 3.8) is 0 Å². The second-order valence-corrected chi connectivity index (χ2v) is 5.55. The Morgan fingerprint density at radius 3 is 2.67 bits per heavy atom. The summed E-state index contributed by atoms with van der Waals surface area (Å²) in [6.07, 6.45) is 1.97. The number of carbonyl (C=O) groups is 2. The van der Waals surface area contributed by atoms with Crippen molar-refractivity contribution < 1.29 is 19.8 Å². The summed E-state index contributed by atoms with van der Waals surface area (Å²) in [5, 5.41) is 23.0. The molecule has 0 atom stereocenters. The van der Waals surface area contributed by atoms with Gasteiger partial charge in [0.15, 0.2) is 0 Å². The molecule has 0 saturated carbocycles. The fourth-order valence-corrected chi connectivity index (χ4v) is 2.64. The van der Waals surface area contributed by atoms with Crippen LogP contribution in [0.1, 0.15) is 28.1 Å². The molecule has 0 bridgehead atoms. The molecule has 0 aliphatic carbocycles. The lowest BCUT2D eigenvalue weighted by Crippen LogP contribution is -2.11. The highest BCUT2D eigenvalue weighted by molar-refractivity contribution is 7.09. The highest BCUT2D eigenvalue weighted by atomic mass is 32.1. The number of hydrogen-bond acceptors (Lipinski definition) is 4. The Hall–Kier alpha value is -2.34. The van der Waals surface area contributed by atoms with Crippen LogP contribution < -0.4 is 5.32 Å². The van der Waals surface area contributed by atoms with Crippen molar-refractivity contribution in [2.45, 2.75) is 19.3 Å². The molecular weight excluding hydrogens is 290 g/mol. The van der Waals surface area contributed by atoms with Gasteiger partial charge < -0.3 is 15.5 Å². The van der Waals surface area contributed by atoms with E-state index < -0.39 is 5.97 Å². The number of aromatic carboxylic acids is 1. The molecule has 110 valence electrons. The Morgan fingerprint density at radius 1 is 1.24 bits per heavy atom. The Bertz CT molecular complexity index is 637. The van der Waals surface area contributed by atoms with Gasteiger partial charge in [-0.2, -0.15) is 0 Å². The van der Waals surface area contributed by atoms with Crippen molar-refractivity contribution in [1.29, 1.82) is 0 Å². The standard InChI is InChI=1S/C15H15NO4S/c17-13-9-10(6-7-12(13)15(19)20)16-14(18)5-1-3-11-4-2-8-21-11/h2,4,6-9,17H,1,3,5H2,(H,16,18)(H,19,20). The van der Waals surface area contributed by atoms with Crippen LogP contribution in [0.2, 0.25) is 0 Å². The van der Waals surface area contributed by atoms with Crippen molar-refractivity contribution >= 4 is 28.9 Å². The zero-order valence-electron chi connectivity index (χ0n) is 11.2. The van der Waals surface area contributed by atoms with Crippen molar-refractivity contribution in [1.82, 2.24) is 0 Å². The van der Waals surface area contributed by atoms with Crippen LogP contribution in [0.4, 0.5) is 5.69 Å². The summed E-state index contributed by atoms with van der Waals surface area (Å²) in [7, 11) is 0. The number of anilines is 1. The summed E-state index contributed by atoms with van der Waals surface area (Å²) in [5.41, 5.74) is 0.198. The van der Waals surface area contributed by atoms with E-state index in [1.54, 1.807) is 11.3 Å². The van der Waals surface area contributed by atoms with Gasteiger partial charge in [0.2, 0.25) is 5.91 Å². The number of carboxylic acid groups (broad SMARTS) is 1. The lowest BCUT2D eigenvalue weighted by Gasteiger charge is -2.07. The van der Waals surface area contributed by atoms with E-state index in [-0.39, 0.29) is 17.2 Å². The number of aromatic hydroxyl groups is 1. The number of rotatable bonds is 6. The molecule has 5 nitrogen and oxygen atoms in total. The lowest BCUT2D eigenvalue weighted by atomic mass is 10.1. The van der Waals surface area contributed by atoms with Gasteiger partial charge in [0.1, 0.15) is 11.3 Å². The maximum absolute atomic E-state index is 11.8. The summed E-state index contributed by atoms with van der Waals surface area (Å²) in [6, 6.07) is 7.97. The molecule has 0 spiro atoms. The van der Waals surface area contributed by atoms with Gasteiger partial charge in [-0.25, -0.2) is 4.79 Å². The molecule has 0 radical (unpaired) electrons. The number of carboxylic acids is 1.